The largest absolute Gasteiger partial charge is 1.00 e. The summed E-state index contributed by atoms with van der Waals surface area (Å²) in [4.78, 5) is 8.29. The predicted octanol–water partition coefficient (Wildman–Crippen LogP) is -1.72. The molecule has 0 aliphatic carbocycles. The van der Waals surface area contributed by atoms with Gasteiger partial charge in [-0.3, -0.25) is 10.1 Å². The number of nitrogens with zero attached hydrogens (tertiary/aromatic N) is 4. The summed E-state index contributed by atoms with van der Waals surface area (Å²) >= 11 is 0. The van der Waals surface area contributed by atoms with E-state index in [9.17, 15) is 0 Å². The summed E-state index contributed by atoms with van der Waals surface area (Å²) in [7, 11) is 0. The van der Waals surface area contributed by atoms with Crippen LogP contribution in [-0.4, -0.2) is 15.1 Å². The first-order valence-corrected chi connectivity index (χ1v) is 4.18. The van der Waals surface area contributed by atoms with E-state index < -0.39 is 0 Å². The second kappa shape index (κ2) is 4.47. The molecule has 2 aromatic heterocycles. The van der Waals surface area contributed by atoms with Crippen molar-refractivity contribution < 1.29 is 58.2 Å². The summed E-state index contributed by atoms with van der Waals surface area (Å²) < 4.78 is 0. The van der Waals surface area contributed by atoms with Crippen molar-refractivity contribution in [3.63, 3.8) is 0 Å². The summed E-state index contributed by atoms with van der Waals surface area (Å²) in [5, 5.41) is 8.67. The van der Waals surface area contributed by atoms with Gasteiger partial charge in [-0.2, -0.15) is 0 Å². The Balaban J connectivity index is 0.000000980. The second-order valence-electron chi connectivity index (χ2n) is 4.05. The van der Waals surface area contributed by atoms with Crippen molar-refractivity contribution >= 4 is 11.0 Å². The number of rotatable bonds is 0. The standard InChI is InChI=1S/C9H11N4.Rb/c1-9(2,3)7-6-4-12-13-8(6)11-5-10-7;/h4-5H,1-3H3;/q-1;+1. The Kier molecular flexibility index (Phi) is 3.97. The molecule has 0 aromatic carbocycles. The number of aromatic nitrogens is 4. The molecule has 0 unspecified atom stereocenters. The SMILES string of the molecule is CC(C)(C)c1ncnc2[n-]ncc12.[Rb+]. The third-order valence-electron chi connectivity index (χ3n) is 1.91. The van der Waals surface area contributed by atoms with Crippen LogP contribution in [0.4, 0.5) is 0 Å². The van der Waals surface area contributed by atoms with Gasteiger partial charge in [0.15, 0.2) is 0 Å². The monoisotopic (exact) mass is 260 g/mol. The fourth-order valence-corrected chi connectivity index (χ4v) is 1.32. The van der Waals surface area contributed by atoms with Gasteiger partial charge in [0.1, 0.15) is 0 Å². The maximum atomic E-state index is 4.26. The molecule has 0 radical (unpaired) electrons. The molecule has 0 N–H and O–H groups in total. The van der Waals surface area contributed by atoms with Crippen LogP contribution < -0.4 is 63.3 Å². The van der Waals surface area contributed by atoms with Crippen LogP contribution in [0.5, 0.6) is 0 Å². The van der Waals surface area contributed by atoms with Crippen LogP contribution in [-0.2, 0) is 5.41 Å². The van der Waals surface area contributed by atoms with Crippen LogP contribution in [0.1, 0.15) is 26.5 Å². The third kappa shape index (κ3) is 2.29. The summed E-state index contributed by atoms with van der Waals surface area (Å²) in [6, 6.07) is 0. The molecule has 2 rings (SSSR count). The smallest absolute Gasteiger partial charge is 0.425 e. The van der Waals surface area contributed by atoms with E-state index >= 15 is 0 Å². The molecule has 0 saturated heterocycles. The Morgan fingerprint density at radius 1 is 1.21 bits per heavy atom. The van der Waals surface area contributed by atoms with Gasteiger partial charge in [-0.15, -0.1) is 0 Å². The van der Waals surface area contributed by atoms with Crippen LogP contribution in [0, 0.1) is 0 Å². The minimum absolute atomic E-state index is 0. The molecule has 0 atom stereocenters. The molecule has 0 fully saturated rings. The normalized spacial score (nSPS) is 11.4. The maximum Gasteiger partial charge on any atom is 1.00 e. The predicted molar refractivity (Wildman–Crippen MR) is 49.4 cm³/mol. The summed E-state index contributed by atoms with van der Waals surface area (Å²) in [6.07, 6.45) is 3.26. The molecule has 0 spiro atoms. The first-order valence-electron chi connectivity index (χ1n) is 4.18. The molecule has 2 heterocycles. The fraction of sp³-hybridized carbons (Fsp3) is 0.444. The third-order valence-corrected chi connectivity index (χ3v) is 1.91. The summed E-state index contributed by atoms with van der Waals surface area (Å²) in [6.45, 7) is 6.34. The van der Waals surface area contributed by atoms with Crippen LogP contribution >= 0.6 is 0 Å². The van der Waals surface area contributed by atoms with E-state index in [0.29, 0.717) is 5.65 Å². The molecule has 14 heavy (non-hydrogen) atoms. The first-order chi connectivity index (χ1) is 6.09. The van der Waals surface area contributed by atoms with Crippen molar-refractivity contribution in [2.45, 2.75) is 26.2 Å². The topological polar surface area (TPSA) is 52.8 Å². The second-order valence-corrected chi connectivity index (χ2v) is 4.05. The van der Waals surface area contributed by atoms with Crippen molar-refractivity contribution in [2.75, 3.05) is 0 Å². The average Bonchev–Trinajstić information content (AvgIpc) is 2.48. The van der Waals surface area contributed by atoms with Crippen molar-refractivity contribution in [1.82, 2.24) is 20.2 Å². The molecule has 0 aliphatic heterocycles. The Labute approximate surface area is 132 Å². The molecule has 0 aliphatic rings. The zero-order valence-corrected chi connectivity index (χ0v) is 13.9. The Hall–Kier alpha value is 0.355. The molecule has 2 aromatic rings. The molecule has 0 saturated carbocycles. The van der Waals surface area contributed by atoms with Crippen molar-refractivity contribution in [3.8, 4) is 0 Å². The van der Waals surface area contributed by atoms with Crippen molar-refractivity contribution in [3.05, 3.63) is 18.2 Å². The van der Waals surface area contributed by atoms with Gasteiger partial charge in [0.25, 0.3) is 0 Å². The van der Waals surface area contributed by atoms with Crippen molar-refractivity contribution in [1.29, 1.82) is 0 Å². The molecule has 0 amide bonds. The quantitative estimate of drug-likeness (QED) is 0.566. The van der Waals surface area contributed by atoms with E-state index in [-0.39, 0.29) is 63.6 Å². The molecular formula is C9H11N4Rb. The summed E-state index contributed by atoms with van der Waals surface area (Å²) in [5.41, 5.74) is 1.70. The van der Waals surface area contributed by atoms with Crippen LogP contribution in [0.3, 0.4) is 0 Å². The van der Waals surface area contributed by atoms with Crippen molar-refractivity contribution in [2.24, 2.45) is 0 Å². The Morgan fingerprint density at radius 3 is 2.57 bits per heavy atom. The number of hydrogen-bond acceptors (Lipinski definition) is 3. The molecule has 0 bridgehead atoms. The maximum absolute atomic E-state index is 4.26. The minimum Gasteiger partial charge on any atom is -0.425 e. The average molecular weight is 261 g/mol. The fourth-order valence-electron chi connectivity index (χ4n) is 1.32. The van der Waals surface area contributed by atoms with Gasteiger partial charge in [-0.05, 0) is 5.65 Å². The molecule has 4 nitrogen and oxygen atoms in total. The van der Waals surface area contributed by atoms with E-state index in [1.165, 1.54) is 6.33 Å². The van der Waals surface area contributed by atoms with E-state index in [4.69, 9.17) is 0 Å². The zero-order valence-electron chi connectivity index (χ0n) is 8.94. The van der Waals surface area contributed by atoms with Gasteiger partial charge in [0.2, 0.25) is 0 Å². The molecule has 68 valence electrons. The van der Waals surface area contributed by atoms with Gasteiger partial charge >= 0.3 is 58.2 Å². The molecule has 5 heteroatoms. The zero-order chi connectivity index (χ0) is 9.47. The van der Waals surface area contributed by atoms with Gasteiger partial charge in [0.05, 0.1) is 5.69 Å². The van der Waals surface area contributed by atoms with Crippen LogP contribution in [0.2, 0.25) is 0 Å². The minimum atomic E-state index is 0. The van der Waals surface area contributed by atoms with Crippen LogP contribution in [0.15, 0.2) is 12.5 Å². The van der Waals surface area contributed by atoms with E-state index in [1.807, 2.05) is 0 Å². The Bertz CT molecular complexity index is 430. The van der Waals surface area contributed by atoms with E-state index in [2.05, 4.69) is 40.9 Å². The number of fused-ring (bicyclic) bond motifs is 1. The van der Waals surface area contributed by atoms with Crippen LogP contribution in [0.25, 0.3) is 11.0 Å². The van der Waals surface area contributed by atoms with E-state index in [0.717, 1.165) is 11.1 Å². The van der Waals surface area contributed by atoms with Gasteiger partial charge in [-0.25, -0.2) is 0 Å². The van der Waals surface area contributed by atoms with Gasteiger partial charge in [0, 0.05) is 23.3 Å². The van der Waals surface area contributed by atoms with Gasteiger partial charge in [-0.1, -0.05) is 20.8 Å². The van der Waals surface area contributed by atoms with E-state index in [1.54, 1.807) is 6.20 Å². The number of hydrogen-bond donors (Lipinski definition) is 0. The first kappa shape index (κ1) is 12.4. The Morgan fingerprint density at radius 2 is 1.93 bits per heavy atom. The molecular weight excluding hydrogens is 250 g/mol. The van der Waals surface area contributed by atoms with Gasteiger partial charge < -0.3 is 10.1 Å². The summed E-state index contributed by atoms with van der Waals surface area (Å²) in [5.74, 6) is 0.